The average molecular weight is 341 g/mol. The molecular weight excluding hydrogens is 322 g/mol. The average Bonchev–Trinajstić information content (AvgIpc) is 3.23. The van der Waals surface area contributed by atoms with Crippen molar-refractivity contribution in [3.8, 4) is 0 Å². The minimum atomic E-state index is -0.0769. The van der Waals surface area contributed by atoms with Crippen LogP contribution in [0, 0.1) is 6.92 Å². The zero-order valence-electron chi connectivity index (χ0n) is 13.4. The van der Waals surface area contributed by atoms with Gasteiger partial charge >= 0.3 is 0 Å². The lowest BCUT2D eigenvalue weighted by atomic mass is 10.1. The number of thiazole rings is 1. The van der Waals surface area contributed by atoms with E-state index in [2.05, 4.69) is 27.8 Å². The summed E-state index contributed by atoms with van der Waals surface area (Å²) in [6, 6.07) is 13.8. The number of hydrogen-bond donors (Lipinski definition) is 2. The third kappa shape index (κ3) is 4.23. The molecule has 0 spiro atoms. The molecule has 2 heterocycles. The van der Waals surface area contributed by atoms with Gasteiger partial charge in [-0.05, 0) is 31.0 Å². The van der Waals surface area contributed by atoms with Crippen LogP contribution in [0.4, 0.5) is 5.13 Å². The second-order valence-electron chi connectivity index (χ2n) is 5.36. The molecule has 0 unspecified atom stereocenters. The first-order valence-electron chi connectivity index (χ1n) is 7.78. The molecule has 6 heteroatoms. The summed E-state index contributed by atoms with van der Waals surface area (Å²) in [7, 11) is 0. The molecule has 5 nitrogen and oxygen atoms in total. The molecule has 0 aliphatic carbocycles. The van der Waals surface area contributed by atoms with Crippen molar-refractivity contribution in [3.63, 3.8) is 0 Å². The summed E-state index contributed by atoms with van der Waals surface area (Å²) in [6.45, 7) is 3.01. The number of hydrogen-bond acceptors (Lipinski definition) is 5. The Morgan fingerprint density at radius 2 is 2.04 bits per heavy atom. The lowest BCUT2D eigenvalue weighted by molar-refractivity contribution is 0.0957. The van der Waals surface area contributed by atoms with E-state index in [1.807, 2.05) is 37.3 Å². The van der Waals surface area contributed by atoms with E-state index < -0.39 is 0 Å². The van der Waals surface area contributed by atoms with Crippen LogP contribution in [0.25, 0.3) is 0 Å². The van der Waals surface area contributed by atoms with Crippen LogP contribution in [0.2, 0.25) is 0 Å². The summed E-state index contributed by atoms with van der Waals surface area (Å²) in [5.74, 6) is 0.753. The quantitative estimate of drug-likeness (QED) is 0.689. The number of anilines is 1. The van der Waals surface area contributed by atoms with E-state index in [1.54, 1.807) is 6.26 Å². The topological polar surface area (TPSA) is 67.2 Å². The Kier molecular flexibility index (Phi) is 5.28. The van der Waals surface area contributed by atoms with E-state index in [-0.39, 0.29) is 5.91 Å². The fourth-order valence-corrected chi connectivity index (χ4v) is 3.18. The fraction of sp³-hybridized carbons (Fsp3) is 0.222. The van der Waals surface area contributed by atoms with Crippen molar-refractivity contribution in [2.75, 3.05) is 11.9 Å². The van der Waals surface area contributed by atoms with Gasteiger partial charge in [0.25, 0.3) is 5.91 Å². The number of aryl methyl sites for hydroxylation is 1. The minimum Gasteiger partial charge on any atom is -0.467 e. The maximum atomic E-state index is 12.3. The van der Waals surface area contributed by atoms with Crippen molar-refractivity contribution in [2.45, 2.75) is 19.9 Å². The van der Waals surface area contributed by atoms with Gasteiger partial charge in [0, 0.05) is 6.54 Å². The van der Waals surface area contributed by atoms with Crippen molar-refractivity contribution >= 4 is 22.4 Å². The number of carbonyl (C=O) groups is 1. The monoisotopic (exact) mass is 341 g/mol. The van der Waals surface area contributed by atoms with Gasteiger partial charge in [-0.3, -0.25) is 4.79 Å². The standard InChI is InChI=1S/C18H19N3O2S/c1-13-16(17(22)19-10-9-14-6-3-2-4-7-14)24-18(21-13)20-12-15-8-5-11-23-15/h2-8,11H,9-10,12H2,1H3,(H,19,22)(H,20,21). The van der Waals surface area contributed by atoms with E-state index in [0.717, 1.165) is 23.0 Å². The molecule has 2 N–H and O–H groups in total. The molecule has 0 saturated carbocycles. The van der Waals surface area contributed by atoms with Crippen molar-refractivity contribution in [1.82, 2.24) is 10.3 Å². The zero-order chi connectivity index (χ0) is 16.8. The van der Waals surface area contributed by atoms with Crippen molar-refractivity contribution in [2.24, 2.45) is 0 Å². The first-order valence-corrected chi connectivity index (χ1v) is 8.60. The van der Waals surface area contributed by atoms with Crippen LogP contribution in [0.5, 0.6) is 0 Å². The van der Waals surface area contributed by atoms with Gasteiger partial charge in [0.2, 0.25) is 0 Å². The summed E-state index contributed by atoms with van der Waals surface area (Å²) in [5.41, 5.74) is 1.94. The summed E-state index contributed by atoms with van der Waals surface area (Å²) < 4.78 is 5.27. The molecule has 3 aromatic rings. The van der Waals surface area contributed by atoms with Crippen molar-refractivity contribution < 1.29 is 9.21 Å². The SMILES string of the molecule is Cc1nc(NCc2ccco2)sc1C(=O)NCCc1ccccc1. The summed E-state index contributed by atoms with van der Waals surface area (Å²) in [6.07, 6.45) is 2.45. The van der Waals surface area contributed by atoms with Crippen LogP contribution < -0.4 is 10.6 Å². The largest absolute Gasteiger partial charge is 0.467 e. The van der Waals surface area contributed by atoms with E-state index in [4.69, 9.17) is 4.42 Å². The van der Waals surface area contributed by atoms with Crippen LogP contribution in [0.1, 0.15) is 26.7 Å². The Balaban J connectivity index is 1.52. The van der Waals surface area contributed by atoms with Crippen LogP contribution >= 0.6 is 11.3 Å². The van der Waals surface area contributed by atoms with Crippen LogP contribution in [-0.4, -0.2) is 17.4 Å². The van der Waals surface area contributed by atoms with Gasteiger partial charge in [-0.25, -0.2) is 4.98 Å². The molecule has 124 valence electrons. The van der Waals surface area contributed by atoms with E-state index in [1.165, 1.54) is 16.9 Å². The lowest BCUT2D eigenvalue weighted by Gasteiger charge is -2.04. The van der Waals surface area contributed by atoms with Gasteiger partial charge < -0.3 is 15.1 Å². The summed E-state index contributed by atoms with van der Waals surface area (Å²) in [5, 5.41) is 6.85. The molecule has 0 bridgehead atoms. The predicted octanol–water partition coefficient (Wildman–Crippen LogP) is 3.63. The third-order valence-corrected chi connectivity index (χ3v) is 4.65. The predicted molar refractivity (Wildman–Crippen MR) is 95.4 cm³/mol. The molecule has 0 fully saturated rings. The van der Waals surface area contributed by atoms with Crippen molar-refractivity contribution in [3.05, 3.63) is 70.6 Å². The molecule has 0 aliphatic rings. The number of benzene rings is 1. The molecule has 0 aliphatic heterocycles. The Labute approximate surface area is 144 Å². The first-order chi connectivity index (χ1) is 11.7. The van der Waals surface area contributed by atoms with Gasteiger partial charge in [0.1, 0.15) is 10.6 Å². The van der Waals surface area contributed by atoms with Gasteiger partial charge in [-0.1, -0.05) is 41.7 Å². The Morgan fingerprint density at radius 3 is 2.79 bits per heavy atom. The smallest absolute Gasteiger partial charge is 0.263 e. The molecule has 24 heavy (non-hydrogen) atoms. The number of amides is 1. The molecule has 0 atom stereocenters. The number of nitrogens with one attached hydrogen (secondary N) is 2. The number of rotatable bonds is 7. The maximum absolute atomic E-state index is 12.3. The highest BCUT2D eigenvalue weighted by Crippen LogP contribution is 2.23. The highest BCUT2D eigenvalue weighted by molar-refractivity contribution is 7.17. The first kappa shape index (κ1) is 16.3. The Hall–Kier alpha value is -2.60. The Bertz CT molecular complexity index is 782. The summed E-state index contributed by atoms with van der Waals surface area (Å²) in [4.78, 5) is 17.4. The molecular formula is C18H19N3O2S. The third-order valence-electron chi connectivity index (χ3n) is 3.54. The molecule has 3 rings (SSSR count). The maximum Gasteiger partial charge on any atom is 0.263 e. The van der Waals surface area contributed by atoms with Crippen LogP contribution in [-0.2, 0) is 13.0 Å². The van der Waals surface area contributed by atoms with Crippen LogP contribution in [0.15, 0.2) is 53.1 Å². The Morgan fingerprint density at radius 1 is 1.21 bits per heavy atom. The minimum absolute atomic E-state index is 0.0769. The zero-order valence-corrected chi connectivity index (χ0v) is 14.2. The highest BCUT2D eigenvalue weighted by Gasteiger charge is 2.15. The normalized spacial score (nSPS) is 10.5. The fourth-order valence-electron chi connectivity index (χ4n) is 2.30. The van der Waals surface area contributed by atoms with E-state index in [9.17, 15) is 4.79 Å². The number of nitrogens with zero attached hydrogens (tertiary/aromatic N) is 1. The summed E-state index contributed by atoms with van der Waals surface area (Å²) >= 11 is 1.36. The number of furan rings is 1. The molecule has 2 aromatic heterocycles. The highest BCUT2D eigenvalue weighted by atomic mass is 32.1. The second-order valence-corrected chi connectivity index (χ2v) is 6.36. The molecule has 0 radical (unpaired) electrons. The van der Waals surface area contributed by atoms with Crippen LogP contribution in [0.3, 0.4) is 0 Å². The molecule has 1 amide bonds. The molecule has 0 saturated heterocycles. The number of aromatic nitrogens is 1. The van der Waals surface area contributed by atoms with Gasteiger partial charge in [0.15, 0.2) is 5.13 Å². The van der Waals surface area contributed by atoms with Crippen molar-refractivity contribution in [1.29, 1.82) is 0 Å². The van der Waals surface area contributed by atoms with Gasteiger partial charge in [0.05, 0.1) is 18.5 Å². The van der Waals surface area contributed by atoms with Gasteiger partial charge in [-0.2, -0.15) is 0 Å². The van der Waals surface area contributed by atoms with Gasteiger partial charge in [-0.15, -0.1) is 0 Å². The number of carbonyl (C=O) groups excluding carboxylic acids is 1. The second kappa shape index (κ2) is 7.79. The lowest BCUT2D eigenvalue weighted by Crippen LogP contribution is -2.25. The van der Waals surface area contributed by atoms with E-state index in [0.29, 0.717) is 18.0 Å². The molecule has 1 aromatic carbocycles. The van der Waals surface area contributed by atoms with E-state index >= 15 is 0 Å².